The Bertz CT molecular complexity index is 2620. The highest BCUT2D eigenvalue weighted by Gasteiger charge is 2.55. The fraction of sp³-hybridized carbons (Fsp3) is 0.146. The van der Waals surface area contributed by atoms with Gasteiger partial charge in [0.1, 0.15) is 18.5 Å². The van der Waals surface area contributed by atoms with Crippen LogP contribution >= 0.6 is 0 Å². The maximum Gasteiger partial charge on any atom is 0.340 e. The normalized spacial score (nSPS) is 17.9. The number of hydrogen-bond donors (Lipinski definition) is 13. The smallest absolute Gasteiger partial charge is 0.340 e. The van der Waals surface area contributed by atoms with Crippen LogP contribution in [-0.2, 0) is 28.4 Å². The van der Waals surface area contributed by atoms with E-state index in [-0.39, 0.29) is 11.3 Å². The Labute approximate surface area is 360 Å². The Morgan fingerprint density at radius 3 is 1.08 bits per heavy atom. The maximum absolute atomic E-state index is 13.9. The molecule has 6 rings (SSSR count). The minimum absolute atomic E-state index is 0.316. The second-order valence-electron chi connectivity index (χ2n) is 13.7. The van der Waals surface area contributed by atoms with Gasteiger partial charge in [0.05, 0.1) is 27.8 Å². The molecule has 24 nitrogen and oxygen atoms in total. The predicted molar refractivity (Wildman–Crippen MR) is 206 cm³/mol. The number of esters is 5. The molecule has 24 heteroatoms. The van der Waals surface area contributed by atoms with Crippen molar-refractivity contribution < 1.29 is 119 Å². The fourth-order valence-electron chi connectivity index (χ4n) is 5.98. The molecular weight excluding hydrogens is 876 g/mol. The minimum atomic E-state index is -2.47. The van der Waals surface area contributed by atoms with E-state index in [1.807, 2.05) is 0 Å². The Morgan fingerprint density at radius 2 is 0.692 bits per heavy atom. The van der Waals surface area contributed by atoms with Gasteiger partial charge in [-0.25, -0.2) is 24.0 Å². The average Bonchev–Trinajstić information content (AvgIpc) is 3.26. The van der Waals surface area contributed by atoms with Gasteiger partial charge < -0.3 is 94.8 Å². The maximum atomic E-state index is 13.9. The Balaban J connectivity index is 1.50. The summed E-state index contributed by atoms with van der Waals surface area (Å²) in [5.41, 5.74) is -3.19. The lowest BCUT2D eigenvalue weighted by molar-refractivity contribution is -0.282. The summed E-state index contributed by atoms with van der Waals surface area (Å²) < 4.78 is 33.5. The molecule has 1 aliphatic heterocycles. The molecule has 5 atom stereocenters. The van der Waals surface area contributed by atoms with Gasteiger partial charge >= 0.3 is 29.8 Å². The van der Waals surface area contributed by atoms with Crippen LogP contribution in [0.2, 0.25) is 0 Å². The lowest BCUT2D eigenvalue weighted by atomic mass is 9.97. The zero-order chi connectivity index (χ0) is 47.6. The largest absolute Gasteiger partial charge is 0.508 e. The van der Waals surface area contributed by atoms with E-state index in [9.17, 15) is 90.4 Å². The van der Waals surface area contributed by atoms with Gasteiger partial charge in [-0.05, 0) is 72.8 Å². The van der Waals surface area contributed by atoms with E-state index in [1.54, 1.807) is 0 Å². The SMILES string of the molecule is O=C(OC[C@H]1O[C@@H](OC(=O)c2cc(O)c(O)c(O)c2)[C@H](OC(=O)c2cc(O)c(O)c(O)c2)[C@@H](OC(=O)c2cc(O)c(O)c(O)c2)[C@@H]1OC(=O)c1ccc(O)cc1)c1cc(O)c(O)c(O)c1. The lowest BCUT2D eigenvalue weighted by Crippen LogP contribution is -2.63. The molecule has 1 aliphatic rings. The van der Waals surface area contributed by atoms with Crippen LogP contribution in [0.4, 0.5) is 0 Å². The van der Waals surface area contributed by atoms with Crippen molar-refractivity contribution in [2.45, 2.75) is 30.7 Å². The third-order valence-electron chi connectivity index (χ3n) is 9.25. The minimum Gasteiger partial charge on any atom is -0.508 e. The summed E-state index contributed by atoms with van der Waals surface area (Å²) in [5.74, 6) is -20.4. The van der Waals surface area contributed by atoms with Crippen LogP contribution in [0.15, 0.2) is 72.8 Å². The van der Waals surface area contributed by atoms with Crippen molar-refractivity contribution in [1.82, 2.24) is 0 Å². The van der Waals surface area contributed by atoms with Crippen LogP contribution in [0.1, 0.15) is 51.8 Å². The molecule has 0 saturated carbocycles. The molecule has 0 amide bonds. The van der Waals surface area contributed by atoms with Crippen molar-refractivity contribution in [3.63, 3.8) is 0 Å². The van der Waals surface area contributed by atoms with E-state index in [2.05, 4.69) is 0 Å². The number of carbonyl (C=O) groups excluding carboxylic acids is 5. The number of aromatic hydroxyl groups is 13. The highest BCUT2D eigenvalue weighted by molar-refractivity contribution is 5.94. The van der Waals surface area contributed by atoms with Gasteiger partial charge in [0, 0.05) is 0 Å². The molecular formula is C41H32O24. The van der Waals surface area contributed by atoms with E-state index >= 15 is 0 Å². The zero-order valence-electron chi connectivity index (χ0n) is 32.3. The molecule has 13 N–H and O–H groups in total. The molecule has 0 radical (unpaired) electrons. The third kappa shape index (κ3) is 9.66. The number of phenols is 13. The van der Waals surface area contributed by atoms with E-state index in [4.69, 9.17) is 28.4 Å². The monoisotopic (exact) mass is 908 g/mol. The van der Waals surface area contributed by atoms with Gasteiger partial charge in [0.15, 0.2) is 81.2 Å². The number of benzene rings is 5. The molecule has 0 unspecified atom stereocenters. The van der Waals surface area contributed by atoms with E-state index in [1.165, 1.54) is 0 Å². The van der Waals surface area contributed by atoms with Gasteiger partial charge in [-0.1, -0.05) is 0 Å². The van der Waals surface area contributed by atoms with Crippen molar-refractivity contribution in [2.75, 3.05) is 6.61 Å². The third-order valence-corrected chi connectivity index (χ3v) is 9.25. The first-order valence-electron chi connectivity index (χ1n) is 18.1. The van der Waals surface area contributed by atoms with Crippen LogP contribution in [0.5, 0.6) is 74.7 Å². The number of carbonyl (C=O) groups is 5. The molecule has 5 aromatic rings. The Hall–Kier alpha value is -9.19. The van der Waals surface area contributed by atoms with Crippen LogP contribution in [0, 0.1) is 0 Å². The summed E-state index contributed by atoms with van der Waals surface area (Å²) in [6.07, 6.45) is -11.6. The summed E-state index contributed by atoms with van der Waals surface area (Å²) in [7, 11) is 0. The molecule has 1 fully saturated rings. The highest BCUT2D eigenvalue weighted by atomic mass is 16.7. The van der Waals surface area contributed by atoms with Crippen molar-refractivity contribution >= 4 is 29.8 Å². The van der Waals surface area contributed by atoms with Crippen molar-refractivity contribution in [3.8, 4) is 74.7 Å². The topological polar surface area (TPSA) is 404 Å². The van der Waals surface area contributed by atoms with Crippen LogP contribution < -0.4 is 0 Å². The summed E-state index contributed by atoms with van der Waals surface area (Å²) in [6.45, 7) is -1.15. The molecule has 65 heavy (non-hydrogen) atoms. The van der Waals surface area contributed by atoms with Gasteiger partial charge in [0.25, 0.3) is 0 Å². The number of ether oxygens (including phenoxy) is 6. The number of hydrogen-bond acceptors (Lipinski definition) is 24. The summed E-state index contributed by atoms with van der Waals surface area (Å²) >= 11 is 0. The highest BCUT2D eigenvalue weighted by Crippen LogP contribution is 2.41. The predicted octanol–water partition coefficient (Wildman–Crippen LogP) is 2.27. The second-order valence-corrected chi connectivity index (χ2v) is 13.7. The summed E-state index contributed by atoms with van der Waals surface area (Å²) in [5, 5.41) is 130. The van der Waals surface area contributed by atoms with Crippen molar-refractivity contribution in [3.05, 3.63) is 101 Å². The first-order valence-corrected chi connectivity index (χ1v) is 18.1. The second kappa shape index (κ2) is 18.0. The van der Waals surface area contributed by atoms with E-state index in [0.29, 0.717) is 48.5 Å². The van der Waals surface area contributed by atoms with Gasteiger partial charge in [0.2, 0.25) is 12.4 Å². The number of phenolic OH excluding ortho intramolecular Hbond substituents is 13. The Kier molecular flexibility index (Phi) is 12.6. The molecule has 0 aliphatic carbocycles. The van der Waals surface area contributed by atoms with Crippen molar-refractivity contribution in [2.24, 2.45) is 0 Å². The Morgan fingerprint density at radius 1 is 0.385 bits per heavy atom. The summed E-state index contributed by atoms with van der Waals surface area (Å²) in [6, 6.07) is 9.05. The zero-order valence-corrected chi connectivity index (χ0v) is 32.3. The molecule has 1 saturated heterocycles. The van der Waals surface area contributed by atoms with E-state index in [0.717, 1.165) is 24.3 Å². The molecule has 0 bridgehead atoms. The molecule has 1 heterocycles. The van der Waals surface area contributed by atoms with Gasteiger partial charge in [-0.2, -0.15) is 0 Å². The van der Waals surface area contributed by atoms with Crippen LogP contribution in [0.25, 0.3) is 0 Å². The lowest BCUT2D eigenvalue weighted by Gasteiger charge is -2.43. The fourth-order valence-corrected chi connectivity index (χ4v) is 5.98. The molecule has 0 spiro atoms. The van der Waals surface area contributed by atoms with Crippen molar-refractivity contribution in [1.29, 1.82) is 0 Å². The number of rotatable bonds is 11. The van der Waals surface area contributed by atoms with E-state index < -0.39 is 158 Å². The molecule has 5 aromatic carbocycles. The first kappa shape index (κ1) is 45.3. The van der Waals surface area contributed by atoms with Gasteiger partial charge in [-0.3, -0.25) is 0 Å². The molecule has 0 aromatic heterocycles. The molecule has 340 valence electrons. The average molecular weight is 909 g/mol. The van der Waals surface area contributed by atoms with Crippen LogP contribution in [0.3, 0.4) is 0 Å². The van der Waals surface area contributed by atoms with Gasteiger partial charge in [-0.15, -0.1) is 0 Å². The standard InChI is InChI=1S/C41H32O24/c42-19-3-1-14(2-4-19)37(56)62-33-28(13-60-36(55)15-5-20(43)29(51)21(44)6-15)61-41(65-40(59)18-11-26(49)32(54)27(50)12-18)35(64-39(58)17-9-24(47)31(53)25(48)10-17)34(33)63-38(57)16-7-22(45)30(52)23(46)8-16/h1-12,28,33-35,41-54H,13H2/t28-,33-,34+,35-,41+/m1/s1. The van der Waals surface area contributed by atoms with Crippen LogP contribution in [-0.4, -0.2) is 134 Å². The summed E-state index contributed by atoms with van der Waals surface area (Å²) in [4.78, 5) is 68.3. The quantitative estimate of drug-likeness (QED) is 0.0513. The first-order chi connectivity index (χ1) is 30.6.